The van der Waals surface area contributed by atoms with Gasteiger partial charge in [-0.05, 0) is 23.3 Å². The van der Waals surface area contributed by atoms with Crippen molar-refractivity contribution in [2.24, 2.45) is 0 Å². The number of aromatic hydroxyl groups is 2. The van der Waals surface area contributed by atoms with Crippen molar-refractivity contribution in [2.45, 2.75) is 19.3 Å². The van der Waals surface area contributed by atoms with Crippen molar-refractivity contribution in [2.75, 3.05) is 5.32 Å². The van der Waals surface area contributed by atoms with Gasteiger partial charge in [-0.15, -0.1) is 0 Å². The number of halogens is 3. The number of hydrogen-bond donors (Lipinski definition) is 3. The summed E-state index contributed by atoms with van der Waals surface area (Å²) in [5, 5.41) is 27.4. The van der Waals surface area contributed by atoms with Crippen LogP contribution >= 0.6 is 0 Å². The zero-order valence-electron chi connectivity index (χ0n) is 18.1. The Kier molecular flexibility index (Phi) is 5.35. The number of hydrogen-bond acceptors (Lipinski definition) is 5. The number of alkyl halides is 3. The van der Waals surface area contributed by atoms with Gasteiger partial charge in [0.1, 0.15) is 17.1 Å². The van der Waals surface area contributed by atoms with Crippen molar-refractivity contribution in [3.8, 4) is 17.2 Å². The van der Waals surface area contributed by atoms with Crippen LogP contribution in [0.1, 0.15) is 27.0 Å². The number of benzene rings is 3. The fraction of sp³-hybridized carbons (Fsp3) is 0.120. The van der Waals surface area contributed by atoms with E-state index in [1.165, 1.54) is 36.7 Å². The summed E-state index contributed by atoms with van der Waals surface area (Å²) in [4.78, 5) is 14.9. The number of para-hydroxylation sites is 1. The SMILES string of the molecule is O=C(c1c(O)cc(O)cc1Nc1cnn(-c2ccccc2C(F)(F)F)c1)N1Cc2ccccc2C1. The van der Waals surface area contributed by atoms with Crippen LogP contribution in [0.15, 0.2) is 73.1 Å². The standard InChI is InChI=1S/C25H19F3N4O3/c26-25(27,28)19-7-3-4-8-21(19)32-14-17(11-29-32)30-20-9-18(33)10-22(34)23(20)24(35)31-12-15-5-1-2-6-16(15)13-31/h1-11,14,30,33-34H,12-13H2. The lowest BCUT2D eigenvalue weighted by Crippen LogP contribution is -2.26. The minimum Gasteiger partial charge on any atom is -0.508 e. The molecule has 0 saturated carbocycles. The zero-order valence-corrected chi connectivity index (χ0v) is 18.1. The van der Waals surface area contributed by atoms with Crippen molar-refractivity contribution >= 4 is 17.3 Å². The Morgan fingerprint density at radius 1 is 0.971 bits per heavy atom. The summed E-state index contributed by atoms with van der Waals surface area (Å²) >= 11 is 0. The van der Waals surface area contributed by atoms with E-state index in [-0.39, 0.29) is 28.4 Å². The van der Waals surface area contributed by atoms with Crippen LogP contribution in [0.5, 0.6) is 11.5 Å². The fourth-order valence-corrected chi connectivity index (χ4v) is 4.16. The molecule has 0 atom stereocenters. The number of aromatic nitrogens is 2. The van der Waals surface area contributed by atoms with Crippen LogP contribution in [0.3, 0.4) is 0 Å². The van der Waals surface area contributed by atoms with Crippen molar-refractivity contribution in [3.63, 3.8) is 0 Å². The quantitative estimate of drug-likeness (QED) is 0.374. The van der Waals surface area contributed by atoms with Gasteiger partial charge in [0, 0.05) is 25.2 Å². The van der Waals surface area contributed by atoms with Crippen LogP contribution < -0.4 is 5.32 Å². The molecule has 0 spiro atoms. The van der Waals surface area contributed by atoms with Gasteiger partial charge < -0.3 is 20.4 Å². The summed E-state index contributed by atoms with van der Waals surface area (Å²) in [6, 6.07) is 14.9. The largest absolute Gasteiger partial charge is 0.508 e. The van der Waals surface area contributed by atoms with Gasteiger partial charge >= 0.3 is 6.18 Å². The van der Waals surface area contributed by atoms with Crippen LogP contribution in [0, 0.1) is 0 Å². The van der Waals surface area contributed by atoms with Crippen molar-refractivity contribution in [1.82, 2.24) is 14.7 Å². The van der Waals surface area contributed by atoms with E-state index in [1.807, 2.05) is 24.3 Å². The Bertz CT molecular complexity index is 1410. The molecule has 3 N–H and O–H groups in total. The van der Waals surface area contributed by atoms with Crippen LogP contribution in [0.4, 0.5) is 24.5 Å². The number of phenols is 2. The zero-order chi connectivity index (χ0) is 24.7. The monoisotopic (exact) mass is 480 g/mol. The van der Waals surface area contributed by atoms with Gasteiger partial charge in [0.05, 0.1) is 35.0 Å². The summed E-state index contributed by atoms with van der Waals surface area (Å²) in [7, 11) is 0. The molecule has 0 fully saturated rings. The second-order valence-corrected chi connectivity index (χ2v) is 8.13. The van der Waals surface area contributed by atoms with E-state index < -0.39 is 23.4 Å². The Labute approximate surface area is 197 Å². The molecule has 0 aliphatic carbocycles. The lowest BCUT2D eigenvalue weighted by Gasteiger charge is -2.19. The second-order valence-electron chi connectivity index (χ2n) is 8.13. The highest BCUT2D eigenvalue weighted by molar-refractivity contribution is 6.03. The van der Waals surface area contributed by atoms with E-state index >= 15 is 0 Å². The number of nitrogens with zero attached hydrogens (tertiary/aromatic N) is 3. The van der Waals surface area contributed by atoms with E-state index in [4.69, 9.17) is 0 Å². The summed E-state index contributed by atoms with van der Waals surface area (Å²) < 4.78 is 41.3. The van der Waals surface area contributed by atoms with Crippen LogP contribution in [0.2, 0.25) is 0 Å². The maximum absolute atomic E-state index is 13.4. The molecule has 1 aliphatic rings. The van der Waals surface area contributed by atoms with Crippen molar-refractivity contribution < 1.29 is 28.2 Å². The Morgan fingerprint density at radius 2 is 1.63 bits per heavy atom. The van der Waals surface area contributed by atoms with E-state index in [1.54, 1.807) is 4.90 Å². The number of rotatable bonds is 4. The number of phenolic OH excluding ortho intramolecular Hbond substituents is 2. The van der Waals surface area contributed by atoms with Gasteiger partial charge in [-0.1, -0.05) is 36.4 Å². The van der Waals surface area contributed by atoms with E-state index in [0.29, 0.717) is 13.1 Å². The molecule has 10 heteroatoms. The average molecular weight is 480 g/mol. The molecule has 1 amide bonds. The average Bonchev–Trinajstić information content (AvgIpc) is 3.45. The predicted molar refractivity (Wildman–Crippen MR) is 122 cm³/mol. The van der Waals surface area contributed by atoms with Gasteiger partial charge in [-0.2, -0.15) is 18.3 Å². The highest BCUT2D eigenvalue weighted by atomic mass is 19.4. The lowest BCUT2D eigenvalue weighted by molar-refractivity contribution is -0.137. The predicted octanol–water partition coefficient (Wildman–Crippen LogP) is 5.20. The molecule has 1 aromatic heterocycles. The van der Waals surface area contributed by atoms with E-state index in [9.17, 15) is 28.2 Å². The van der Waals surface area contributed by atoms with Crippen LogP contribution in [0.25, 0.3) is 5.69 Å². The minimum absolute atomic E-state index is 0.0703. The maximum atomic E-state index is 13.4. The van der Waals surface area contributed by atoms with Gasteiger partial charge in [0.25, 0.3) is 5.91 Å². The normalized spacial score (nSPS) is 13.1. The number of carbonyl (C=O) groups excluding carboxylic acids is 1. The first-order valence-corrected chi connectivity index (χ1v) is 10.6. The molecule has 2 heterocycles. The van der Waals surface area contributed by atoms with Crippen LogP contribution in [-0.4, -0.2) is 30.8 Å². The first kappa shape index (κ1) is 22.3. The summed E-state index contributed by atoms with van der Waals surface area (Å²) in [5.41, 5.74) is 1.25. The molecule has 1 aliphatic heterocycles. The molecule has 0 unspecified atom stereocenters. The first-order valence-electron chi connectivity index (χ1n) is 10.6. The smallest absolute Gasteiger partial charge is 0.418 e. The number of fused-ring (bicyclic) bond motifs is 1. The minimum atomic E-state index is -4.57. The molecule has 4 aromatic rings. The van der Waals surface area contributed by atoms with Gasteiger partial charge in [-0.3, -0.25) is 4.79 Å². The number of carbonyl (C=O) groups is 1. The van der Waals surface area contributed by atoms with E-state index in [0.717, 1.165) is 27.9 Å². The fourth-order valence-electron chi connectivity index (χ4n) is 4.16. The Balaban J connectivity index is 1.46. The highest BCUT2D eigenvalue weighted by Crippen LogP contribution is 2.37. The van der Waals surface area contributed by atoms with Gasteiger partial charge in [0.2, 0.25) is 0 Å². The van der Waals surface area contributed by atoms with Crippen LogP contribution in [-0.2, 0) is 19.3 Å². The Morgan fingerprint density at radius 3 is 2.31 bits per heavy atom. The van der Waals surface area contributed by atoms with Gasteiger partial charge in [-0.25, -0.2) is 4.68 Å². The summed E-state index contributed by atoms with van der Waals surface area (Å²) in [5.74, 6) is -1.18. The molecule has 3 aromatic carbocycles. The number of anilines is 2. The molecule has 0 bridgehead atoms. The summed E-state index contributed by atoms with van der Waals surface area (Å²) in [6.07, 6.45) is -1.96. The molecule has 5 rings (SSSR count). The van der Waals surface area contributed by atoms with Crippen molar-refractivity contribution in [1.29, 1.82) is 0 Å². The molecular weight excluding hydrogens is 461 g/mol. The second kappa shape index (κ2) is 8.39. The molecule has 0 saturated heterocycles. The summed E-state index contributed by atoms with van der Waals surface area (Å²) in [6.45, 7) is 0.724. The highest BCUT2D eigenvalue weighted by Gasteiger charge is 2.34. The number of nitrogens with one attached hydrogen (secondary N) is 1. The van der Waals surface area contributed by atoms with Gasteiger partial charge in [0.15, 0.2) is 0 Å². The topological polar surface area (TPSA) is 90.6 Å². The third-order valence-electron chi connectivity index (χ3n) is 5.76. The first-order chi connectivity index (χ1) is 16.7. The molecule has 178 valence electrons. The third-order valence-corrected chi connectivity index (χ3v) is 5.76. The molecule has 7 nitrogen and oxygen atoms in total. The molecule has 35 heavy (non-hydrogen) atoms. The number of amides is 1. The third kappa shape index (κ3) is 4.25. The molecule has 0 radical (unpaired) electrons. The van der Waals surface area contributed by atoms with E-state index in [2.05, 4.69) is 10.4 Å². The molecular formula is C25H19F3N4O3. The van der Waals surface area contributed by atoms with Crippen molar-refractivity contribution in [3.05, 3.63) is 95.3 Å². The Hall–Kier alpha value is -4.47. The lowest BCUT2D eigenvalue weighted by atomic mass is 10.1. The maximum Gasteiger partial charge on any atom is 0.418 e.